The van der Waals surface area contributed by atoms with Gasteiger partial charge in [-0.25, -0.2) is 0 Å². The molecular weight excluding hydrogens is 208 g/mol. The minimum atomic E-state index is 0.356. The van der Waals surface area contributed by atoms with Crippen molar-refractivity contribution in [3.05, 3.63) is 35.4 Å². The van der Waals surface area contributed by atoms with Crippen molar-refractivity contribution >= 4 is 0 Å². The van der Waals surface area contributed by atoms with Gasteiger partial charge in [-0.05, 0) is 37.7 Å². The molecule has 2 heteroatoms. The number of nitrogens with zero attached hydrogens (tertiary/aromatic N) is 1. The lowest BCUT2D eigenvalue weighted by Gasteiger charge is -2.36. The van der Waals surface area contributed by atoms with Crippen LogP contribution >= 0.6 is 0 Å². The summed E-state index contributed by atoms with van der Waals surface area (Å²) in [5.74, 6) is 0.638. The van der Waals surface area contributed by atoms with Gasteiger partial charge in [0.05, 0.1) is 0 Å². The normalized spacial score (nSPS) is 30.5. The summed E-state index contributed by atoms with van der Waals surface area (Å²) in [6, 6.07) is 10.1. The Hall–Kier alpha value is -0.860. The molecule has 2 N–H and O–H groups in total. The van der Waals surface area contributed by atoms with E-state index in [2.05, 4.69) is 36.1 Å². The minimum Gasteiger partial charge on any atom is -0.327 e. The van der Waals surface area contributed by atoms with Gasteiger partial charge in [0.2, 0.25) is 0 Å². The standard InChI is InChI=1S/C15H22N2/c1-11-3-2-4-12(7-11)13-8-14(16)10-17(9-13)15-5-6-15/h2-4,7,13-15H,5-6,8-10,16H2,1H3. The monoisotopic (exact) mass is 230 g/mol. The van der Waals surface area contributed by atoms with E-state index >= 15 is 0 Å². The van der Waals surface area contributed by atoms with Gasteiger partial charge < -0.3 is 5.73 Å². The van der Waals surface area contributed by atoms with Gasteiger partial charge >= 0.3 is 0 Å². The number of likely N-dealkylation sites (tertiary alicyclic amines) is 1. The van der Waals surface area contributed by atoms with Crippen molar-refractivity contribution in [3.8, 4) is 0 Å². The Morgan fingerprint density at radius 1 is 1.24 bits per heavy atom. The van der Waals surface area contributed by atoms with E-state index in [1.54, 1.807) is 0 Å². The summed E-state index contributed by atoms with van der Waals surface area (Å²) in [7, 11) is 0. The topological polar surface area (TPSA) is 29.3 Å². The fourth-order valence-electron chi connectivity index (χ4n) is 3.08. The lowest BCUT2D eigenvalue weighted by Crippen LogP contribution is -2.47. The number of aryl methyl sites for hydroxylation is 1. The highest BCUT2D eigenvalue weighted by Crippen LogP contribution is 2.34. The lowest BCUT2D eigenvalue weighted by atomic mass is 9.87. The second-order valence-corrected chi connectivity index (χ2v) is 5.79. The molecule has 1 saturated heterocycles. The molecule has 3 rings (SSSR count). The van der Waals surface area contributed by atoms with Crippen molar-refractivity contribution < 1.29 is 0 Å². The molecule has 1 saturated carbocycles. The van der Waals surface area contributed by atoms with Crippen molar-refractivity contribution in [1.29, 1.82) is 0 Å². The molecule has 0 amide bonds. The molecule has 2 nitrogen and oxygen atoms in total. The van der Waals surface area contributed by atoms with Crippen molar-refractivity contribution in [3.63, 3.8) is 0 Å². The van der Waals surface area contributed by atoms with Crippen LogP contribution < -0.4 is 5.73 Å². The van der Waals surface area contributed by atoms with Crippen LogP contribution in [0.25, 0.3) is 0 Å². The van der Waals surface area contributed by atoms with Crippen molar-refractivity contribution in [2.45, 2.75) is 44.2 Å². The van der Waals surface area contributed by atoms with Crippen LogP contribution in [0.2, 0.25) is 0 Å². The summed E-state index contributed by atoms with van der Waals surface area (Å²) in [4.78, 5) is 2.61. The average molecular weight is 230 g/mol. The second-order valence-electron chi connectivity index (χ2n) is 5.79. The van der Waals surface area contributed by atoms with Gasteiger partial charge in [-0.3, -0.25) is 4.90 Å². The third-order valence-electron chi connectivity index (χ3n) is 4.09. The number of rotatable bonds is 2. The van der Waals surface area contributed by atoms with Crippen molar-refractivity contribution in [2.75, 3.05) is 13.1 Å². The molecule has 2 fully saturated rings. The Morgan fingerprint density at radius 3 is 2.76 bits per heavy atom. The largest absolute Gasteiger partial charge is 0.327 e. The van der Waals surface area contributed by atoms with Crippen molar-refractivity contribution in [1.82, 2.24) is 4.90 Å². The summed E-state index contributed by atoms with van der Waals surface area (Å²) >= 11 is 0. The van der Waals surface area contributed by atoms with Gasteiger partial charge in [0.15, 0.2) is 0 Å². The molecule has 17 heavy (non-hydrogen) atoms. The second kappa shape index (κ2) is 4.43. The molecule has 0 bridgehead atoms. The number of hydrogen-bond donors (Lipinski definition) is 1. The van der Waals surface area contributed by atoms with Crippen LogP contribution in [0.5, 0.6) is 0 Å². The maximum Gasteiger partial charge on any atom is 0.0174 e. The fourth-order valence-corrected chi connectivity index (χ4v) is 3.08. The molecule has 1 aliphatic carbocycles. The van der Waals surface area contributed by atoms with E-state index in [4.69, 9.17) is 5.73 Å². The zero-order chi connectivity index (χ0) is 11.8. The molecule has 1 aromatic carbocycles. The van der Waals surface area contributed by atoms with E-state index in [-0.39, 0.29) is 0 Å². The first-order valence-electron chi connectivity index (χ1n) is 6.78. The predicted molar refractivity (Wildman–Crippen MR) is 71.1 cm³/mol. The summed E-state index contributed by atoms with van der Waals surface area (Å²) in [5.41, 5.74) is 9.05. The Kier molecular flexibility index (Phi) is 2.93. The minimum absolute atomic E-state index is 0.356. The molecule has 0 radical (unpaired) electrons. The van der Waals surface area contributed by atoms with Gasteiger partial charge in [0, 0.05) is 25.2 Å². The Bertz CT molecular complexity index is 398. The molecule has 92 valence electrons. The zero-order valence-electron chi connectivity index (χ0n) is 10.6. The Balaban J connectivity index is 1.77. The van der Waals surface area contributed by atoms with E-state index in [0.29, 0.717) is 12.0 Å². The maximum absolute atomic E-state index is 6.21. The van der Waals surface area contributed by atoms with E-state index in [0.717, 1.165) is 19.0 Å². The number of benzene rings is 1. The molecule has 1 aromatic rings. The van der Waals surface area contributed by atoms with Gasteiger partial charge in [0.1, 0.15) is 0 Å². The van der Waals surface area contributed by atoms with Gasteiger partial charge in [-0.15, -0.1) is 0 Å². The van der Waals surface area contributed by atoms with Crippen LogP contribution in [-0.2, 0) is 0 Å². The quantitative estimate of drug-likeness (QED) is 0.844. The van der Waals surface area contributed by atoms with E-state index < -0.39 is 0 Å². The first kappa shape index (κ1) is 11.2. The van der Waals surface area contributed by atoms with Crippen LogP contribution in [0.4, 0.5) is 0 Å². The molecule has 2 aliphatic rings. The summed E-state index contributed by atoms with van der Waals surface area (Å²) in [6.07, 6.45) is 3.91. The zero-order valence-corrected chi connectivity index (χ0v) is 10.6. The van der Waals surface area contributed by atoms with Crippen LogP contribution in [0.15, 0.2) is 24.3 Å². The van der Waals surface area contributed by atoms with Gasteiger partial charge in [0.25, 0.3) is 0 Å². The number of hydrogen-bond acceptors (Lipinski definition) is 2. The smallest absolute Gasteiger partial charge is 0.0174 e. The van der Waals surface area contributed by atoms with Crippen molar-refractivity contribution in [2.24, 2.45) is 5.73 Å². The molecule has 2 unspecified atom stereocenters. The molecule has 1 heterocycles. The van der Waals surface area contributed by atoms with Crippen LogP contribution in [0, 0.1) is 6.92 Å². The lowest BCUT2D eigenvalue weighted by molar-refractivity contribution is 0.180. The third-order valence-corrected chi connectivity index (χ3v) is 4.09. The van der Waals surface area contributed by atoms with E-state index in [9.17, 15) is 0 Å². The molecule has 0 spiro atoms. The highest BCUT2D eigenvalue weighted by Gasteiger charge is 2.35. The summed E-state index contributed by atoms with van der Waals surface area (Å²) in [5, 5.41) is 0. The Morgan fingerprint density at radius 2 is 2.06 bits per heavy atom. The SMILES string of the molecule is Cc1cccc(C2CC(N)CN(C3CC3)C2)c1. The fraction of sp³-hybridized carbons (Fsp3) is 0.600. The van der Waals surface area contributed by atoms with Crippen LogP contribution in [-0.4, -0.2) is 30.1 Å². The van der Waals surface area contributed by atoms with Crippen LogP contribution in [0.3, 0.4) is 0 Å². The maximum atomic E-state index is 6.21. The number of piperidine rings is 1. The molecular formula is C15H22N2. The summed E-state index contributed by atoms with van der Waals surface area (Å²) in [6.45, 7) is 4.49. The molecule has 2 atom stereocenters. The highest BCUT2D eigenvalue weighted by atomic mass is 15.2. The average Bonchev–Trinajstić information content (AvgIpc) is 3.12. The molecule has 1 aliphatic heterocycles. The third kappa shape index (κ3) is 2.53. The number of nitrogens with two attached hydrogens (primary N) is 1. The highest BCUT2D eigenvalue weighted by molar-refractivity contribution is 5.26. The van der Waals surface area contributed by atoms with Crippen LogP contribution in [0.1, 0.15) is 36.3 Å². The first-order valence-corrected chi connectivity index (χ1v) is 6.78. The van der Waals surface area contributed by atoms with E-state index in [1.165, 1.54) is 30.5 Å². The predicted octanol–water partition coefficient (Wildman–Crippen LogP) is 2.27. The van der Waals surface area contributed by atoms with E-state index in [1.807, 2.05) is 0 Å². The van der Waals surface area contributed by atoms with Gasteiger partial charge in [-0.1, -0.05) is 29.8 Å². The first-order chi connectivity index (χ1) is 8.22. The van der Waals surface area contributed by atoms with Gasteiger partial charge in [-0.2, -0.15) is 0 Å². The molecule has 0 aromatic heterocycles. The summed E-state index contributed by atoms with van der Waals surface area (Å²) < 4.78 is 0. The Labute approximate surface area is 104 Å².